The number of amidine groups is 1. The molecule has 1 aromatic carbocycles. The Bertz CT molecular complexity index is 525. The highest BCUT2D eigenvalue weighted by molar-refractivity contribution is 8.26. The van der Waals surface area contributed by atoms with Crippen molar-refractivity contribution in [2.75, 3.05) is 7.11 Å². The fourth-order valence-corrected chi connectivity index (χ4v) is 2.47. The van der Waals surface area contributed by atoms with Crippen LogP contribution in [0.25, 0.3) is 0 Å². The molecule has 6 heteroatoms. The van der Waals surface area contributed by atoms with E-state index in [2.05, 4.69) is 10.3 Å². The zero-order chi connectivity index (χ0) is 13.8. The van der Waals surface area contributed by atoms with Crippen molar-refractivity contribution in [2.45, 2.75) is 19.4 Å². The van der Waals surface area contributed by atoms with E-state index in [0.717, 1.165) is 11.8 Å². The van der Waals surface area contributed by atoms with Gasteiger partial charge in [0.15, 0.2) is 5.17 Å². The second-order valence-electron chi connectivity index (χ2n) is 4.15. The summed E-state index contributed by atoms with van der Waals surface area (Å²) in [5.74, 6) is 0.589. The first kappa shape index (κ1) is 13.6. The summed E-state index contributed by atoms with van der Waals surface area (Å²) in [6, 6.07) is 6.72. The van der Waals surface area contributed by atoms with Gasteiger partial charge in [0.1, 0.15) is 5.75 Å². The molecule has 5 nitrogen and oxygen atoms in total. The van der Waals surface area contributed by atoms with Gasteiger partial charge in [-0.2, -0.15) is 0 Å². The van der Waals surface area contributed by atoms with E-state index in [1.807, 2.05) is 6.92 Å². The van der Waals surface area contributed by atoms with E-state index in [-0.39, 0.29) is 17.1 Å². The molecule has 0 saturated heterocycles. The molecule has 1 atom stereocenters. The molecular weight excluding hydrogens is 264 g/mol. The summed E-state index contributed by atoms with van der Waals surface area (Å²) in [5, 5.41) is 2.81. The maximum absolute atomic E-state index is 12.0. The molecule has 0 aromatic heterocycles. The van der Waals surface area contributed by atoms with Crippen molar-refractivity contribution in [3.05, 3.63) is 29.8 Å². The van der Waals surface area contributed by atoms with E-state index in [9.17, 15) is 9.59 Å². The smallest absolute Gasteiger partial charge is 0.228 e. The third-order valence-corrected chi connectivity index (χ3v) is 3.40. The Morgan fingerprint density at radius 1 is 1.42 bits per heavy atom. The molecule has 2 rings (SSSR count). The summed E-state index contributed by atoms with van der Waals surface area (Å²) < 4.78 is 5.03. The lowest BCUT2D eigenvalue weighted by atomic mass is 10.2. The number of carbonyl (C=O) groups is 2. The molecule has 0 aliphatic carbocycles. The molecule has 19 heavy (non-hydrogen) atoms. The van der Waals surface area contributed by atoms with E-state index < -0.39 is 0 Å². The molecule has 0 spiro atoms. The Kier molecular flexibility index (Phi) is 4.21. The lowest BCUT2D eigenvalue weighted by Gasteiger charge is -2.16. The van der Waals surface area contributed by atoms with Crippen LogP contribution in [0.4, 0.5) is 0 Å². The van der Waals surface area contributed by atoms with E-state index in [4.69, 9.17) is 4.74 Å². The number of hydrogen-bond acceptors (Lipinski definition) is 5. The van der Waals surface area contributed by atoms with Crippen LogP contribution < -0.4 is 10.1 Å². The standard InChI is InChI=1S/C13H14N2O3S/c1-8-7-11(16)15-13(14-8)19-12(17)9-3-5-10(18-2)6-4-9/h3-6,8H,7H2,1-2H3,(H,14,15,16)/t8-/m0/s1. The zero-order valence-electron chi connectivity index (χ0n) is 10.7. The second kappa shape index (κ2) is 5.88. The lowest BCUT2D eigenvalue weighted by molar-refractivity contribution is -0.120. The van der Waals surface area contributed by atoms with Gasteiger partial charge in [-0.15, -0.1) is 0 Å². The average Bonchev–Trinajstić information content (AvgIpc) is 2.37. The third kappa shape index (κ3) is 3.57. The molecule has 1 amide bonds. The number of carbonyl (C=O) groups excluding carboxylic acids is 2. The third-order valence-electron chi connectivity index (χ3n) is 2.58. The molecule has 1 aliphatic heterocycles. The number of ether oxygens (including phenoxy) is 1. The fraction of sp³-hybridized carbons (Fsp3) is 0.308. The van der Waals surface area contributed by atoms with Crippen LogP contribution in [0.1, 0.15) is 23.7 Å². The Morgan fingerprint density at radius 2 is 2.11 bits per heavy atom. The Hall–Kier alpha value is -1.82. The summed E-state index contributed by atoms with van der Waals surface area (Å²) in [4.78, 5) is 27.6. The van der Waals surface area contributed by atoms with Gasteiger partial charge in [0.05, 0.1) is 13.2 Å². The predicted octanol–water partition coefficient (Wildman–Crippen LogP) is 1.83. The first-order valence-electron chi connectivity index (χ1n) is 5.82. The van der Waals surface area contributed by atoms with Crippen molar-refractivity contribution in [3.63, 3.8) is 0 Å². The molecule has 1 aromatic rings. The number of nitrogens with one attached hydrogen (secondary N) is 1. The summed E-state index contributed by atoms with van der Waals surface area (Å²) in [6.07, 6.45) is 0.362. The van der Waals surface area contributed by atoms with Crippen LogP contribution in [0, 0.1) is 0 Å². The van der Waals surface area contributed by atoms with Gasteiger partial charge in [0, 0.05) is 12.0 Å². The largest absolute Gasteiger partial charge is 0.497 e. The zero-order valence-corrected chi connectivity index (χ0v) is 11.5. The Labute approximate surface area is 115 Å². The van der Waals surface area contributed by atoms with Crippen LogP contribution in [0.2, 0.25) is 0 Å². The van der Waals surface area contributed by atoms with Gasteiger partial charge in [0.25, 0.3) is 0 Å². The monoisotopic (exact) mass is 278 g/mol. The second-order valence-corrected chi connectivity index (χ2v) is 5.12. The molecule has 1 N–H and O–H groups in total. The summed E-state index contributed by atoms with van der Waals surface area (Å²) in [5.41, 5.74) is 0.543. The van der Waals surface area contributed by atoms with Crippen molar-refractivity contribution >= 4 is 28.0 Å². The van der Waals surface area contributed by atoms with E-state index in [1.165, 1.54) is 0 Å². The maximum atomic E-state index is 12.0. The van der Waals surface area contributed by atoms with Crippen LogP contribution in [-0.4, -0.2) is 29.3 Å². The van der Waals surface area contributed by atoms with Gasteiger partial charge < -0.3 is 10.1 Å². The van der Waals surface area contributed by atoms with Crippen LogP contribution in [0.15, 0.2) is 29.3 Å². The van der Waals surface area contributed by atoms with Crippen LogP contribution in [0.5, 0.6) is 5.75 Å². The Balaban J connectivity index is 2.06. The van der Waals surface area contributed by atoms with Crippen molar-refractivity contribution in [1.29, 1.82) is 0 Å². The van der Waals surface area contributed by atoms with Gasteiger partial charge >= 0.3 is 0 Å². The van der Waals surface area contributed by atoms with Gasteiger partial charge in [-0.1, -0.05) is 0 Å². The summed E-state index contributed by atoms with van der Waals surface area (Å²) in [6.45, 7) is 1.84. The molecule has 0 bridgehead atoms. The molecular formula is C13H14N2O3S. The normalized spacial score (nSPS) is 18.5. The summed E-state index contributed by atoms with van der Waals surface area (Å²) in [7, 11) is 1.57. The molecule has 1 aliphatic rings. The number of rotatable bonds is 2. The highest BCUT2D eigenvalue weighted by atomic mass is 32.2. The number of hydrogen-bond donors (Lipinski definition) is 1. The van der Waals surface area contributed by atoms with Gasteiger partial charge in [-0.3, -0.25) is 14.6 Å². The Morgan fingerprint density at radius 3 is 2.68 bits per heavy atom. The molecule has 1 heterocycles. The first-order valence-corrected chi connectivity index (χ1v) is 6.64. The van der Waals surface area contributed by atoms with Crippen LogP contribution >= 0.6 is 11.8 Å². The fourth-order valence-electron chi connectivity index (χ4n) is 1.64. The predicted molar refractivity (Wildman–Crippen MR) is 74.6 cm³/mol. The number of nitrogens with zero attached hydrogens (tertiary/aromatic N) is 1. The minimum absolute atomic E-state index is 0.0834. The van der Waals surface area contributed by atoms with E-state index in [0.29, 0.717) is 22.9 Å². The van der Waals surface area contributed by atoms with Crippen LogP contribution in [-0.2, 0) is 4.79 Å². The molecule has 100 valence electrons. The highest BCUT2D eigenvalue weighted by Crippen LogP contribution is 2.19. The van der Waals surface area contributed by atoms with Crippen molar-refractivity contribution in [2.24, 2.45) is 4.99 Å². The van der Waals surface area contributed by atoms with Crippen molar-refractivity contribution in [1.82, 2.24) is 5.32 Å². The number of benzene rings is 1. The average molecular weight is 278 g/mol. The lowest BCUT2D eigenvalue weighted by Crippen LogP contribution is -2.36. The number of amides is 1. The highest BCUT2D eigenvalue weighted by Gasteiger charge is 2.20. The molecule has 0 unspecified atom stereocenters. The van der Waals surface area contributed by atoms with Gasteiger partial charge in [0.2, 0.25) is 11.0 Å². The van der Waals surface area contributed by atoms with Crippen LogP contribution in [0.3, 0.4) is 0 Å². The van der Waals surface area contributed by atoms with E-state index >= 15 is 0 Å². The topological polar surface area (TPSA) is 67.8 Å². The number of aliphatic imine (C=N–C) groups is 1. The van der Waals surface area contributed by atoms with Gasteiger partial charge in [-0.25, -0.2) is 0 Å². The number of methoxy groups -OCH3 is 1. The molecule has 0 saturated carbocycles. The summed E-state index contributed by atoms with van der Waals surface area (Å²) >= 11 is 0.933. The number of thioether (sulfide) groups is 1. The molecule has 0 radical (unpaired) electrons. The molecule has 0 fully saturated rings. The minimum Gasteiger partial charge on any atom is -0.497 e. The first-order chi connectivity index (χ1) is 9.08. The minimum atomic E-state index is -0.157. The van der Waals surface area contributed by atoms with Crippen molar-refractivity contribution in [3.8, 4) is 5.75 Å². The van der Waals surface area contributed by atoms with Gasteiger partial charge in [-0.05, 0) is 43.0 Å². The van der Waals surface area contributed by atoms with E-state index in [1.54, 1.807) is 31.4 Å². The maximum Gasteiger partial charge on any atom is 0.228 e. The quantitative estimate of drug-likeness (QED) is 0.896. The van der Waals surface area contributed by atoms with Crippen molar-refractivity contribution < 1.29 is 14.3 Å². The SMILES string of the molecule is COc1ccc(C(=O)SC2=N[C@@H](C)CC(=O)N2)cc1.